The number of aromatic hydroxyl groups is 1. The van der Waals surface area contributed by atoms with Crippen LogP contribution in [0.2, 0.25) is 0 Å². The molecule has 1 saturated heterocycles. The maximum absolute atomic E-state index is 12.3. The Morgan fingerprint density at radius 3 is 2.07 bits per heavy atom. The number of anilines is 2. The van der Waals surface area contributed by atoms with Gasteiger partial charge in [0.2, 0.25) is 0 Å². The third-order valence-corrected chi connectivity index (χ3v) is 4.55. The molecule has 1 aliphatic rings. The zero-order valence-electron chi connectivity index (χ0n) is 17.0. The second-order valence-electron chi connectivity index (χ2n) is 8.00. The van der Waals surface area contributed by atoms with Crippen molar-refractivity contribution in [3.63, 3.8) is 0 Å². The van der Waals surface area contributed by atoms with E-state index in [1.54, 1.807) is 17.0 Å². The summed E-state index contributed by atoms with van der Waals surface area (Å²) in [5, 5.41) is 12.2. The van der Waals surface area contributed by atoms with E-state index in [9.17, 15) is 14.7 Å². The molecule has 1 aliphatic heterocycles. The van der Waals surface area contributed by atoms with Gasteiger partial charge >= 0.3 is 6.09 Å². The molecule has 0 radical (unpaired) electrons. The van der Waals surface area contributed by atoms with E-state index in [1.807, 2.05) is 45.0 Å². The van der Waals surface area contributed by atoms with Crippen molar-refractivity contribution in [3.05, 3.63) is 54.1 Å². The fourth-order valence-corrected chi connectivity index (χ4v) is 3.05. The van der Waals surface area contributed by atoms with Crippen LogP contribution < -0.4 is 10.2 Å². The van der Waals surface area contributed by atoms with Crippen molar-refractivity contribution in [3.8, 4) is 5.75 Å². The second kappa shape index (κ2) is 8.43. The molecule has 2 aromatic rings. The van der Waals surface area contributed by atoms with Gasteiger partial charge < -0.3 is 25.0 Å². The molecule has 0 aliphatic carbocycles. The van der Waals surface area contributed by atoms with E-state index in [2.05, 4.69) is 10.2 Å². The maximum atomic E-state index is 12.3. The van der Waals surface area contributed by atoms with Gasteiger partial charge in [0.1, 0.15) is 11.4 Å². The van der Waals surface area contributed by atoms with E-state index < -0.39 is 5.60 Å². The van der Waals surface area contributed by atoms with Crippen LogP contribution in [0.25, 0.3) is 0 Å². The highest BCUT2D eigenvalue weighted by Gasteiger charge is 2.25. The number of phenols is 1. The monoisotopic (exact) mass is 397 g/mol. The summed E-state index contributed by atoms with van der Waals surface area (Å²) in [4.78, 5) is 28.4. The molecule has 2 N–H and O–H groups in total. The molecule has 7 nitrogen and oxygen atoms in total. The first-order valence-corrected chi connectivity index (χ1v) is 9.64. The number of ether oxygens (including phenoxy) is 1. The lowest BCUT2D eigenvalue weighted by atomic mass is 10.2. The van der Waals surface area contributed by atoms with Crippen LogP contribution in [0.1, 0.15) is 31.1 Å². The lowest BCUT2D eigenvalue weighted by molar-refractivity contribution is 0.0240. The van der Waals surface area contributed by atoms with E-state index in [0.29, 0.717) is 24.3 Å². The van der Waals surface area contributed by atoms with Crippen LogP contribution >= 0.6 is 0 Å². The van der Waals surface area contributed by atoms with Gasteiger partial charge in [-0.05, 0) is 69.3 Å². The first-order valence-electron chi connectivity index (χ1n) is 9.64. The number of amides is 2. The fraction of sp³-hybridized carbons (Fsp3) is 0.364. The van der Waals surface area contributed by atoms with E-state index in [0.717, 1.165) is 18.8 Å². The molecule has 7 heteroatoms. The topological polar surface area (TPSA) is 82.1 Å². The molecule has 0 aromatic heterocycles. The third-order valence-electron chi connectivity index (χ3n) is 4.55. The standard InChI is InChI=1S/C22H27N3O4/c1-22(2,3)29-21(28)25-14-12-24(13-15-25)18-8-6-17(7-9-18)23-20(27)16-4-10-19(26)11-5-16/h4-11,26H,12-15H2,1-3H3,(H,23,27). The minimum absolute atomic E-state index is 0.123. The number of piperazine rings is 1. The van der Waals surface area contributed by atoms with Gasteiger partial charge in [0.15, 0.2) is 0 Å². The highest BCUT2D eigenvalue weighted by Crippen LogP contribution is 2.21. The number of hydrogen-bond acceptors (Lipinski definition) is 5. The lowest BCUT2D eigenvalue weighted by Crippen LogP contribution is -2.50. The van der Waals surface area contributed by atoms with Crippen LogP contribution in [-0.2, 0) is 4.74 Å². The van der Waals surface area contributed by atoms with Gasteiger partial charge in [-0.15, -0.1) is 0 Å². The number of carbonyl (C=O) groups is 2. The Bertz CT molecular complexity index is 849. The zero-order chi connectivity index (χ0) is 21.0. The average Bonchev–Trinajstić information content (AvgIpc) is 2.68. The highest BCUT2D eigenvalue weighted by molar-refractivity contribution is 6.04. The zero-order valence-corrected chi connectivity index (χ0v) is 17.0. The van der Waals surface area contributed by atoms with Crippen molar-refractivity contribution in [2.75, 3.05) is 36.4 Å². The molecule has 154 valence electrons. The Kier molecular flexibility index (Phi) is 5.96. The minimum Gasteiger partial charge on any atom is -0.508 e. The molecular formula is C22H27N3O4. The van der Waals surface area contributed by atoms with Crippen LogP contribution in [-0.4, -0.2) is 53.8 Å². The van der Waals surface area contributed by atoms with E-state index in [4.69, 9.17) is 4.74 Å². The molecule has 0 bridgehead atoms. The summed E-state index contributed by atoms with van der Waals surface area (Å²) in [7, 11) is 0. The number of carbonyl (C=O) groups excluding carboxylic acids is 2. The molecular weight excluding hydrogens is 370 g/mol. The predicted octanol–water partition coefficient (Wildman–Crippen LogP) is 3.70. The molecule has 0 saturated carbocycles. The second-order valence-corrected chi connectivity index (χ2v) is 8.00. The summed E-state index contributed by atoms with van der Waals surface area (Å²) < 4.78 is 5.43. The molecule has 2 amide bonds. The van der Waals surface area contributed by atoms with Crippen molar-refractivity contribution in [2.24, 2.45) is 0 Å². The molecule has 0 atom stereocenters. The van der Waals surface area contributed by atoms with Crippen molar-refractivity contribution in [2.45, 2.75) is 26.4 Å². The average molecular weight is 397 g/mol. The number of nitrogens with one attached hydrogen (secondary N) is 1. The van der Waals surface area contributed by atoms with E-state index in [1.165, 1.54) is 12.1 Å². The highest BCUT2D eigenvalue weighted by atomic mass is 16.6. The summed E-state index contributed by atoms with van der Waals surface area (Å²) in [6, 6.07) is 13.7. The number of nitrogens with zero attached hydrogens (tertiary/aromatic N) is 2. The normalized spacial score (nSPS) is 14.4. The van der Waals surface area contributed by atoms with Crippen molar-refractivity contribution in [1.82, 2.24) is 4.90 Å². The van der Waals surface area contributed by atoms with Crippen LogP contribution in [0, 0.1) is 0 Å². The Labute approximate surface area is 170 Å². The van der Waals surface area contributed by atoms with Crippen molar-refractivity contribution < 1.29 is 19.4 Å². The smallest absolute Gasteiger partial charge is 0.410 e. The van der Waals surface area contributed by atoms with Crippen molar-refractivity contribution >= 4 is 23.4 Å². The summed E-state index contributed by atoms with van der Waals surface area (Å²) >= 11 is 0. The maximum Gasteiger partial charge on any atom is 0.410 e. The van der Waals surface area contributed by atoms with Gasteiger partial charge in [0.05, 0.1) is 0 Å². The number of hydrogen-bond donors (Lipinski definition) is 2. The molecule has 1 heterocycles. The third kappa shape index (κ3) is 5.63. The fourth-order valence-electron chi connectivity index (χ4n) is 3.05. The summed E-state index contributed by atoms with van der Waals surface area (Å²) in [5.74, 6) is -0.110. The molecule has 0 spiro atoms. The van der Waals surface area contributed by atoms with Crippen LogP contribution in [0.3, 0.4) is 0 Å². The Hall–Kier alpha value is -3.22. The van der Waals surface area contributed by atoms with Gasteiger partial charge in [-0.2, -0.15) is 0 Å². The number of phenolic OH excluding ortho intramolecular Hbond substituents is 1. The van der Waals surface area contributed by atoms with Crippen molar-refractivity contribution in [1.29, 1.82) is 0 Å². The van der Waals surface area contributed by atoms with Crippen LogP contribution in [0.15, 0.2) is 48.5 Å². The van der Waals surface area contributed by atoms with Gasteiger partial charge in [-0.25, -0.2) is 4.79 Å². The first kappa shape index (κ1) is 20.5. The van der Waals surface area contributed by atoms with Gasteiger partial charge in [0.25, 0.3) is 5.91 Å². The van der Waals surface area contributed by atoms with Crippen LogP contribution in [0.5, 0.6) is 5.75 Å². The van der Waals surface area contributed by atoms with Gasteiger partial charge in [-0.1, -0.05) is 0 Å². The minimum atomic E-state index is -0.491. The van der Waals surface area contributed by atoms with Crippen LogP contribution in [0.4, 0.5) is 16.2 Å². The molecule has 1 fully saturated rings. The molecule has 0 unspecified atom stereocenters. The Morgan fingerprint density at radius 2 is 1.52 bits per heavy atom. The van der Waals surface area contributed by atoms with Gasteiger partial charge in [-0.3, -0.25) is 4.79 Å². The molecule has 29 heavy (non-hydrogen) atoms. The lowest BCUT2D eigenvalue weighted by Gasteiger charge is -2.36. The Morgan fingerprint density at radius 1 is 0.931 bits per heavy atom. The summed E-state index contributed by atoms with van der Waals surface area (Å²) in [5.41, 5.74) is 1.72. The molecule has 3 rings (SSSR count). The van der Waals surface area contributed by atoms with E-state index in [-0.39, 0.29) is 17.7 Å². The summed E-state index contributed by atoms with van der Waals surface area (Å²) in [6.07, 6.45) is -0.274. The summed E-state index contributed by atoms with van der Waals surface area (Å²) in [6.45, 7) is 8.24. The van der Waals surface area contributed by atoms with Gasteiger partial charge in [0, 0.05) is 43.1 Å². The predicted molar refractivity (Wildman–Crippen MR) is 113 cm³/mol. The SMILES string of the molecule is CC(C)(C)OC(=O)N1CCN(c2ccc(NC(=O)c3ccc(O)cc3)cc2)CC1. The number of benzene rings is 2. The largest absolute Gasteiger partial charge is 0.508 e. The number of rotatable bonds is 3. The molecule has 2 aromatic carbocycles. The first-order chi connectivity index (χ1) is 13.7. The quantitative estimate of drug-likeness (QED) is 0.825. The Balaban J connectivity index is 1.54. The van der Waals surface area contributed by atoms with E-state index >= 15 is 0 Å².